The highest BCUT2D eigenvalue weighted by atomic mass is 19.4. The predicted octanol–water partition coefficient (Wildman–Crippen LogP) is 5.15. The van der Waals surface area contributed by atoms with Gasteiger partial charge in [0.05, 0.1) is 23.8 Å². The van der Waals surface area contributed by atoms with E-state index in [0.29, 0.717) is 16.0 Å². The van der Waals surface area contributed by atoms with Crippen molar-refractivity contribution in [3.8, 4) is 5.75 Å². The lowest BCUT2D eigenvalue weighted by atomic mass is 9.91. The van der Waals surface area contributed by atoms with Gasteiger partial charge in [-0.2, -0.15) is 23.4 Å². The fourth-order valence-electron chi connectivity index (χ4n) is 3.46. The number of nitrogens with zero attached hydrogens (tertiary/aromatic N) is 5. The van der Waals surface area contributed by atoms with Crippen LogP contribution in [-0.2, 0) is 18.3 Å². The second-order valence-electron chi connectivity index (χ2n) is 9.34. The lowest BCUT2D eigenvalue weighted by Crippen LogP contribution is -2.20. The zero-order chi connectivity index (χ0) is 25.5. The average Bonchev–Trinajstić information content (AvgIpc) is 3.37. The topological polar surface area (TPSA) is 86.3 Å². The summed E-state index contributed by atoms with van der Waals surface area (Å²) < 4.78 is 48.9. The smallest absolute Gasteiger partial charge is 0.433 e. The highest BCUT2D eigenvalue weighted by Gasteiger charge is 2.36. The van der Waals surface area contributed by atoms with Crippen LogP contribution in [0.2, 0.25) is 0 Å². The van der Waals surface area contributed by atoms with Gasteiger partial charge in [0.2, 0.25) is 0 Å². The summed E-state index contributed by atoms with van der Waals surface area (Å²) >= 11 is 0. The largest absolute Gasteiger partial charge is 0.471 e. The number of alkyl halides is 3. The van der Waals surface area contributed by atoms with Gasteiger partial charge in [-0.1, -0.05) is 38.5 Å². The fraction of sp³-hybridized carbons (Fsp3) is 0.333. The second kappa shape index (κ2) is 8.71. The number of nitrogens with one attached hydrogen (secondary N) is 1. The number of hydrogen-bond donors (Lipinski definition) is 1. The Balaban J connectivity index is 1.52. The number of aryl methyl sites for hydroxylation is 2. The van der Waals surface area contributed by atoms with Gasteiger partial charge in [-0.3, -0.25) is 4.79 Å². The SMILES string of the molecule is Cc1ccc(OCn2cc(NC(=O)c3cc4nc(C(C)(C)C)cc(C(F)(F)F)n4n3)cn2)c(C)c1. The first kappa shape index (κ1) is 24.2. The Morgan fingerprint density at radius 3 is 2.51 bits per heavy atom. The Morgan fingerprint density at radius 1 is 1.11 bits per heavy atom. The minimum atomic E-state index is -4.67. The summed E-state index contributed by atoms with van der Waals surface area (Å²) in [6, 6.07) is 8.00. The minimum Gasteiger partial charge on any atom is -0.471 e. The van der Waals surface area contributed by atoms with E-state index in [4.69, 9.17) is 4.74 Å². The molecule has 0 saturated carbocycles. The monoisotopic (exact) mass is 486 g/mol. The van der Waals surface area contributed by atoms with Crippen LogP contribution in [0.15, 0.2) is 42.7 Å². The number of aromatic nitrogens is 5. The van der Waals surface area contributed by atoms with E-state index in [9.17, 15) is 18.0 Å². The molecule has 0 fully saturated rings. The summed E-state index contributed by atoms with van der Waals surface area (Å²) in [5.74, 6) is 0.0276. The number of carbonyl (C=O) groups is 1. The molecule has 0 aliphatic rings. The molecule has 0 aliphatic heterocycles. The van der Waals surface area contributed by atoms with Gasteiger partial charge < -0.3 is 10.1 Å². The highest BCUT2D eigenvalue weighted by molar-refractivity contribution is 6.03. The summed E-state index contributed by atoms with van der Waals surface area (Å²) in [6.07, 6.45) is -1.71. The molecule has 1 N–H and O–H groups in total. The van der Waals surface area contributed by atoms with Crippen LogP contribution in [0.25, 0.3) is 5.65 Å². The third-order valence-corrected chi connectivity index (χ3v) is 5.29. The number of benzene rings is 1. The molecule has 0 aliphatic carbocycles. The fourth-order valence-corrected chi connectivity index (χ4v) is 3.46. The standard InChI is InChI=1S/C24H25F3N6O2/c1-14-6-7-18(15(2)8-14)35-13-32-12-16(11-28-32)29-22(34)17-9-21-30-19(23(3,4)5)10-20(24(25,26)27)33(21)31-17/h6-12H,13H2,1-5H3,(H,29,34). The van der Waals surface area contributed by atoms with Gasteiger partial charge in [0.25, 0.3) is 5.91 Å². The molecule has 0 unspecified atom stereocenters. The molecule has 0 spiro atoms. The van der Waals surface area contributed by atoms with Crippen molar-refractivity contribution in [1.82, 2.24) is 24.4 Å². The van der Waals surface area contributed by atoms with Crippen molar-refractivity contribution in [2.45, 2.75) is 52.9 Å². The first-order valence-corrected chi connectivity index (χ1v) is 10.8. The maximum Gasteiger partial charge on any atom is 0.433 e. The Labute approximate surface area is 199 Å². The van der Waals surface area contributed by atoms with Crippen LogP contribution in [0.4, 0.5) is 18.9 Å². The van der Waals surface area contributed by atoms with Crippen LogP contribution < -0.4 is 10.1 Å². The van der Waals surface area contributed by atoms with Gasteiger partial charge in [0, 0.05) is 11.5 Å². The van der Waals surface area contributed by atoms with Crippen molar-refractivity contribution < 1.29 is 22.7 Å². The molecule has 3 aromatic heterocycles. The predicted molar refractivity (Wildman–Crippen MR) is 123 cm³/mol. The molecule has 1 aromatic carbocycles. The van der Waals surface area contributed by atoms with Crippen LogP contribution in [0.1, 0.15) is 53.8 Å². The van der Waals surface area contributed by atoms with E-state index in [1.54, 1.807) is 27.0 Å². The maximum absolute atomic E-state index is 13.7. The molecule has 0 bridgehead atoms. The summed E-state index contributed by atoms with van der Waals surface area (Å²) in [7, 11) is 0. The van der Waals surface area contributed by atoms with Crippen molar-refractivity contribution in [2.24, 2.45) is 0 Å². The summed E-state index contributed by atoms with van der Waals surface area (Å²) in [4.78, 5) is 17.0. The van der Waals surface area contributed by atoms with E-state index in [2.05, 4.69) is 20.5 Å². The van der Waals surface area contributed by atoms with Crippen molar-refractivity contribution in [3.63, 3.8) is 0 Å². The maximum atomic E-state index is 13.7. The number of anilines is 1. The molecule has 4 aromatic rings. The summed E-state index contributed by atoms with van der Waals surface area (Å²) in [5, 5.41) is 10.6. The highest BCUT2D eigenvalue weighted by Crippen LogP contribution is 2.32. The zero-order valence-corrected chi connectivity index (χ0v) is 19.9. The van der Waals surface area contributed by atoms with Crippen LogP contribution in [-0.4, -0.2) is 30.3 Å². The average molecular weight is 486 g/mol. The van der Waals surface area contributed by atoms with Crippen LogP contribution in [0.5, 0.6) is 5.75 Å². The van der Waals surface area contributed by atoms with Gasteiger partial charge in [-0.25, -0.2) is 14.2 Å². The number of rotatable bonds is 5. The zero-order valence-electron chi connectivity index (χ0n) is 19.9. The van der Waals surface area contributed by atoms with Crippen LogP contribution in [0, 0.1) is 13.8 Å². The molecule has 0 saturated heterocycles. The quantitative estimate of drug-likeness (QED) is 0.422. The Hall–Kier alpha value is -3.89. The van der Waals surface area contributed by atoms with Gasteiger partial charge in [0.15, 0.2) is 18.1 Å². The first-order valence-electron chi connectivity index (χ1n) is 10.8. The normalized spacial score (nSPS) is 12.2. The molecule has 0 atom stereocenters. The van der Waals surface area contributed by atoms with Gasteiger partial charge in [0.1, 0.15) is 11.4 Å². The molecule has 11 heteroatoms. The van der Waals surface area contributed by atoms with E-state index < -0.39 is 23.2 Å². The van der Waals surface area contributed by atoms with E-state index in [1.807, 2.05) is 32.0 Å². The molecule has 4 rings (SSSR count). The number of fused-ring (bicyclic) bond motifs is 1. The second-order valence-corrected chi connectivity index (χ2v) is 9.34. The number of carbonyl (C=O) groups excluding carboxylic acids is 1. The molecule has 35 heavy (non-hydrogen) atoms. The number of amides is 1. The van der Waals surface area contributed by atoms with Gasteiger partial charge in [-0.05, 0) is 31.5 Å². The number of ether oxygens (including phenoxy) is 1. The van der Waals surface area contributed by atoms with Crippen molar-refractivity contribution in [1.29, 1.82) is 0 Å². The molecular weight excluding hydrogens is 461 g/mol. The van der Waals surface area contributed by atoms with E-state index in [-0.39, 0.29) is 23.8 Å². The molecule has 0 radical (unpaired) electrons. The number of halogens is 3. The summed E-state index contributed by atoms with van der Waals surface area (Å²) in [6.45, 7) is 9.33. The van der Waals surface area contributed by atoms with E-state index in [0.717, 1.165) is 17.2 Å². The van der Waals surface area contributed by atoms with E-state index in [1.165, 1.54) is 16.9 Å². The van der Waals surface area contributed by atoms with Crippen LogP contribution >= 0.6 is 0 Å². The summed E-state index contributed by atoms with van der Waals surface area (Å²) in [5.41, 5.74) is 0.813. The van der Waals surface area contributed by atoms with Crippen molar-refractivity contribution >= 4 is 17.2 Å². The minimum absolute atomic E-state index is 0.0625. The third-order valence-electron chi connectivity index (χ3n) is 5.29. The van der Waals surface area contributed by atoms with Gasteiger partial charge >= 0.3 is 6.18 Å². The van der Waals surface area contributed by atoms with Crippen molar-refractivity contribution in [3.05, 3.63) is 70.9 Å². The van der Waals surface area contributed by atoms with Gasteiger partial charge in [-0.15, -0.1) is 0 Å². The lowest BCUT2D eigenvalue weighted by Gasteiger charge is -2.19. The van der Waals surface area contributed by atoms with E-state index >= 15 is 0 Å². The lowest BCUT2D eigenvalue weighted by molar-refractivity contribution is -0.142. The molecule has 8 nitrogen and oxygen atoms in total. The van der Waals surface area contributed by atoms with Crippen molar-refractivity contribution in [2.75, 3.05) is 5.32 Å². The third kappa shape index (κ3) is 5.28. The Morgan fingerprint density at radius 2 is 1.86 bits per heavy atom. The molecular formula is C24H25F3N6O2. The Kier molecular flexibility index (Phi) is 6.04. The first-order chi connectivity index (χ1) is 16.3. The Bertz CT molecular complexity index is 1400. The molecule has 184 valence electrons. The molecule has 1 amide bonds. The number of hydrogen-bond acceptors (Lipinski definition) is 5. The molecule has 3 heterocycles. The van der Waals surface area contributed by atoms with Crippen LogP contribution in [0.3, 0.4) is 0 Å².